The maximum absolute atomic E-state index is 12.5. The van der Waals surface area contributed by atoms with Gasteiger partial charge < -0.3 is 4.42 Å². The second-order valence-electron chi connectivity index (χ2n) is 5.47. The molecule has 0 unspecified atom stereocenters. The number of halogens is 1. The van der Waals surface area contributed by atoms with E-state index in [0.717, 1.165) is 21.9 Å². The summed E-state index contributed by atoms with van der Waals surface area (Å²) in [6.07, 6.45) is 0. The molecule has 4 rings (SSSR count). The summed E-state index contributed by atoms with van der Waals surface area (Å²) < 4.78 is 6.08. The Morgan fingerprint density at radius 3 is 2.43 bits per heavy atom. The van der Waals surface area contributed by atoms with Crippen LogP contribution in [0.4, 0.5) is 0 Å². The summed E-state index contributed by atoms with van der Waals surface area (Å²) in [6, 6.07) is 21.0. The molecule has 0 aliphatic rings. The van der Waals surface area contributed by atoms with Crippen molar-refractivity contribution >= 4 is 33.3 Å². The molecular weight excluding hydrogens is 308 g/mol. The first-order valence-electron chi connectivity index (χ1n) is 7.37. The molecule has 1 heterocycles. The SMILES string of the molecule is O=c1cc(-c2ccc(CCl)cc2)oc2c1ccc1ccccc12. The van der Waals surface area contributed by atoms with Gasteiger partial charge in [-0.15, -0.1) is 11.6 Å². The van der Waals surface area contributed by atoms with Crippen molar-refractivity contribution in [3.05, 3.63) is 82.5 Å². The lowest BCUT2D eigenvalue weighted by Crippen LogP contribution is -2.00. The first kappa shape index (κ1) is 14.0. The summed E-state index contributed by atoms with van der Waals surface area (Å²) in [5.74, 6) is 1.03. The minimum Gasteiger partial charge on any atom is -0.455 e. The Bertz CT molecular complexity index is 1060. The first-order valence-corrected chi connectivity index (χ1v) is 7.90. The highest BCUT2D eigenvalue weighted by Gasteiger charge is 2.09. The molecule has 0 saturated heterocycles. The second kappa shape index (κ2) is 5.56. The maximum Gasteiger partial charge on any atom is 0.193 e. The molecule has 3 aromatic carbocycles. The van der Waals surface area contributed by atoms with Crippen molar-refractivity contribution in [2.45, 2.75) is 5.88 Å². The van der Waals surface area contributed by atoms with Crippen molar-refractivity contribution in [2.75, 3.05) is 0 Å². The molecule has 1 aromatic heterocycles. The molecule has 23 heavy (non-hydrogen) atoms. The summed E-state index contributed by atoms with van der Waals surface area (Å²) in [7, 11) is 0. The molecule has 0 radical (unpaired) electrons. The molecule has 112 valence electrons. The highest BCUT2D eigenvalue weighted by Crippen LogP contribution is 2.28. The Hall–Kier alpha value is -2.58. The van der Waals surface area contributed by atoms with Gasteiger partial charge in [0.2, 0.25) is 0 Å². The summed E-state index contributed by atoms with van der Waals surface area (Å²) >= 11 is 5.82. The number of hydrogen-bond acceptors (Lipinski definition) is 2. The topological polar surface area (TPSA) is 30.2 Å². The first-order chi connectivity index (χ1) is 11.3. The van der Waals surface area contributed by atoms with Gasteiger partial charge in [-0.05, 0) is 17.0 Å². The molecule has 0 fully saturated rings. The Morgan fingerprint density at radius 2 is 1.65 bits per heavy atom. The van der Waals surface area contributed by atoms with Crippen LogP contribution >= 0.6 is 11.6 Å². The van der Waals surface area contributed by atoms with Crippen LogP contribution in [0.5, 0.6) is 0 Å². The van der Waals surface area contributed by atoms with Gasteiger partial charge in [0.25, 0.3) is 0 Å². The highest BCUT2D eigenvalue weighted by molar-refractivity contribution is 6.17. The second-order valence-corrected chi connectivity index (χ2v) is 5.74. The van der Waals surface area contributed by atoms with E-state index in [2.05, 4.69) is 0 Å². The summed E-state index contributed by atoms with van der Waals surface area (Å²) in [5, 5.41) is 2.60. The Labute approximate surface area is 137 Å². The van der Waals surface area contributed by atoms with Gasteiger partial charge in [0.05, 0.1) is 5.39 Å². The van der Waals surface area contributed by atoms with Gasteiger partial charge in [-0.1, -0.05) is 54.6 Å². The molecule has 0 saturated carbocycles. The summed E-state index contributed by atoms with van der Waals surface area (Å²) in [5.41, 5.74) is 2.50. The smallest absolute Gasteiger partial charge is 0.193 e. The van der Waals surface area contributed by atoms with Crippen molar-refractivity contribution in [3.8, 4) is 11.3 Å². The Balaban J connectivity index is 2.01. The number of rotatable bonds is 2. The summed E-state index contributed by atoms with van der Waals surface area (Å²) in [4.78, 5) is 12.5. The molecule has 0 aliphatic carbocycles. The van der Waals surface area contributed by atoms with Crippen LogP contribution in [0.25, 0.3) is 33.1 Å². The zero-order valence-corrected chi connectivity index (χ0v) is 13.0. The average Bonchev–Trinajstić information content (AvgIpc) is 2.61. The van der Waals surface area contributed by atoms with Crippen molar-refractivity contribution in [1.82, 2.24) is 0 Å². The predicted molar refractivity (Wildman–Crippen MR) is 95.0 cm³/mol. The third kappa shape index (κ3) is 2.41. The fraction of sp³-hybridized carbons (Fsp3) is 0.0500. The Morgan fingerprint density at radius 1 is 0.870 bits per heavy atom. The van der Waals surface area contributed by atoms with E-state index >= 15 is 0 Å². The van der Waals surface area contributed by atoms with Gasteiger partial charge >= 0.3 is 0 Å². The lowest BCUT2D eigenvalue weighted by molar-refractivity contribution is 0.622. The molecule has 0 spiro atoms. The maximum atomic E-state index is 12.5. The van der Waals surface area contributed by atoms with Crippen LogP contribution < -0.4 is 5.43 Å². The highest BCUT2D eigenvalue weighted by atomic mass is 35.5. The molecule has 0 bridgehead atoms. The minimum atomic E-state index is -0.0339. The van der Waals surface area contributed by atoms with E-state index in [4.69, 9.17) is 16.0 Å². The molecule has 4 aromatic rings. The standard InChI is InChI=1S/C20H13ClO2/c21-12-13-5-7-15(8-6-13)19-11-18(22)17-10-9-14-3-1-2-4-16(14)20(17)23-19/h1-11H,12H2. The van der Waals surface area contributed by atoms with E-state index in [-0.39, 0.29) is 5.43 Å². The van der Waals surface area contributed by atoms with Crippen LogP contribution in [0.15, 0.2) is 75.9 Å². The minimum absolute atomic E-state index is 0.0339. The molecule has 2 nitrogen and oxygen atoms in total. The van der Waals surface area contributed by atoms with Crippen molar-refractivity contribution in [1.29, 1.82) is 0 Å². The van der Waals surface area contributed by atoms with Crippen molar-refractivity contribution in [3.63, 3.8) is 0 Å². The fourth-order valence-corrected chi connectivity index (χ4v) is 2.96. The van der Waals surface area contributed by atoms with Gasteiger partial charge in [0.1, 0.15) is 11.3 Å². The van der Waals surface area contributed by atoms with E-state index in [1.54, 1.807) is 6.07 Å². The quantitative estimate of drug-likeness (QED) is 0.368. The zero-order chi connectivity index (χ0) is 15.8. The van der Waals surface area contributed by atoms with Crippen LogP contribution in [0.2, 0.25) is 0 Å². The van der Waals surface area contributed by atoms with Crippen LogP contribution in [0.3, 0.4) is 0 Å². The van der Waals surface area contributed by atoms with E-state index in [0.29, 0.717) is 22.6 Å². The third-order valence-corrected chi connectivity index (χ3v) is 4.32. The van der Waals surface area contributed by atoms with E-state index < -0.39 is 0 Å². The van der Waals surface area contributed by atoms with Crippen LogP contribution in [-0.2, 0) is 5.88 Å². The number of alkyl halides is 1. The zero-order valence-electron chi connectivity index (χ0n) is 12.3. The lowest BCUT2D eigenvalue weighted by atomic mass is 10.1. The summed E-state index contributed by atoms with van der Waals surface area (Å²) in [6.45, 7) is 0. The van der Waals surface area contributed by atoms with Gasteiger partial charge in [-0.25, -0.2) is 0 Å². The largest absolute Gasteiger partial charge is 0.455 e. The Kier molecular flexibility index (Phi) is 3.40. The normalized spacial score (nSPS) is 11.2. The molecule has 3 heteroatoms. The van der Waals surface area contributed by atoms with Gasteiger partial charge in [0, 0.05) is 22.9 Å². The number of hydrogen-bond donors (Lipinski definition) is 0. The van der Waals surface area contributed by atoms with E-state index in [9.17, 15) is 4.79 Å². The predicted octanol–water partition coefficient (Wildman–Crippen LogP) is 5.35. The third-order valence-electron chi connectivity index (χ3n) is 4.01. The molecular formula is C20H13ClO2. The van der Waals surface area contributed by atoms with E-state index in [1.807, 2.05) is 60.7 Å². The number of benzene rings is 3. The van der Waals surface area contributed by atoms with Crippen LogP contribution in [-0.4, -0.2) is 0 Å². The molecule has 0 N–H and O–H groups in total. The monoisotopic (exact) mass is 320 g/mol. The van der Waals surface area contributed by atoms with Crippen molar-refractivity contribution < 1.29 is 4.42 Å². The molecule has 0 atom stereocenters. The van der Waals surface area contributed by atoms with Crippen LogP contribution in [0, 0.1) is 0 Å². The van der Waals surface area contributed by atoms with Gasteiger partial charge in [-0.2, -0.15) is 0 Å². The molecule has 0 aliphatic heterocycles. The van der Waals surface area contributed by atoms with Crippen molar-refractivity contribution in [2.24, 2.45) is 0 Å². The average molecular weight is 321 g/mol. The fourth-order valence-electron chi connectivity index (χ4n) is 2.78. The lowest BCUT2D eigenvalue weighted by Gasteiger charge is -2.06. The van der Waals surface area contributed by atoms with E-state index in [1.165, 1.54) is 0 Å². The van der Waals surface area contributed by atoms with Crippen LogP contribution in [0.1, 0.15) is 5.56 Å². The van der Waals surface area contributed by atoms with Gasteiger partial charge in [0.15, 0.2) is 5.43 Å². The van der Waals surface area contributed by atoms with Gasteiger partial charge in [-0.3, -0.25) is 4.79 Å². The molecule has 0 amide bonds. The number of fused-ring (bicyclic) bond motifs is 3.